The number of nitrogens with one attached hydrogen (secondary N) is 2. The zero-order valence-corrected chi connectivity index (χ0v) is 13.4. The molecule has 0 aromatic heterocycles. The van der Waals surface area contributed by atoms with Gasteiger partial charge in [0.2, 0.25) is 15.9 Å². The maximum Gasteiger partial charge on any atom is 0.241 e. The minimum absolute atomic E-state index is 0.0558. The summed E-state index contributed by atoms with van der Waals surface area (Å²) in [4.78, 5) is 11.9. The first-order valence-corrected chi connectivity index (χ1v) is 8.35. The van der Waals surface area contributed by atoms with Gasteiger partial charge in [-0.1, -0.05) is 23.7 Å². The van der Waals surface area contributed by atoms with E-state index >= 15 is 0 Å². The number of rotatable bonds is 5. The van der Waals surface area contributed by atoms with Gasteiger partial charge >= 0.3 is 0 Å². The standard InChI is InChI=1S/C15H15ClN2O3S/c1-11-3-2-4-13(9-11)18-15(19)10-17-22(20,21)14-7-5-12(16)6-8-14/h2-9,17H,10H2,1H3,(H,18,19). The molecule has 7 heteroatoms. The van der Waals surface area contributed by atoms with E-state index in [0.717, 1.165) is 5.56 Å². The Bertz CT molecular complexity index is 774. The molecule has 0 heterocycles. The fraction of sp³-hybridized carbons (Fsp3) is 0.133. The molecule has 116 valence electrons. The molecule has 0 unspecified atom stereocenters. The van der Waals surface area contributed by atoms with Crippen LogP contribution in [0.1, 0.15) is 5.56 Å². The lowest BCUT2D eigenvalue weighted by Gasteiger charge is -2.08. The third-order valence-electron chi connectivity index (χ3n) is 2.85. The van der Waals surface area contributed by atoms with Gasteiger partial charge in [-0.25, -0.2) is 13.1 Å². The molecule has 2 rings (SSSR count). The molecule has 0 saturated heterocycles. The number of carbonyl (C=O) groups is 1. The molecule has 0 aliphatic heterocycles. The van der Waals surface area contributed by atoms with Crippen molar-refractivity contribution in [3.05, 3.63) is 59.1 Å². The summed E-state index contributed by atoms with van der Waals surface area (Å²) in [5, 5.41) is 3.07. The van der Waals surface area contributed by atoms with Crippen molar-refractivity contribution in [2.45, 2.75) is 11.8 Å². The van der Waals surface area contributed by atoms with Crippen molar-refractivity contribution in [1.82, 2.24) is 4.72 Å². The highest BCUT2D eigenvalue weighted by Gasteiger charge is 2.15. The van der Waals surface area contributed by atoms with E-state index in [-0.39, 0.29) is 11.4 Å². The van der Waals surface area contributed by atoms with Crippen molar-refractivity contribution in [3.8, 4) is 0 Å². The second kappa shape index (κ2) is 6.91. The van der Waals surface area contributed by atoms with Crippen LogP contribution >= 0.6 is 11.6 Å². The topological polar surface area (TPSA) is 75.3 Å². The number of aryl methyl sites for hydroxylation is 1. The molecule has 0 aliphatic carbocycles. The van der Waals surface area contributed by atoms with Crippen molar-refractivity contribution in [1.29, 1.82) is 0 Å². The highest BCUT2D eigenvalue weighted by Crippen LogP contribution is 2.14. The van der Waals surface area contributed by atoms with E-state index in [1.165, 1.54) is 24.3 Å². The summed E-state index contributed by atoms with van der Waals surface area (Å²) in [6.07, 6.45) is 0. The average molecular weight is 339 g/mol. The van der Waals surface area contributed by atoms with E-state index in [1.54, 1.807) is 12.1 Å². The van der Waals surface area contributed by atoms with E-state index in [4.69, 9.17) is 11.6 Å². The molecule has 1 amide bonds. The van der Waals surface area contributed by atoms with Gasteiger partial charge in [-0.15, -0.1) is 0 Å². The monoisotopic (exact) mass is 338 g/mol. The van der Waals surface area contributed by atoms with Crippen molar-refractivity contribution in [2.24, 2.45) is 0 Å². The van der Waals surface area contributed by atoms with Gasteiger partial charge in [0.15, 0.2) is 0 Å². The van der Waals surface area contributed by atoms with Crippen molar-refractivity contribution >= 4 is 33.2 Å². The number of halogens is 1. The minimum atomic E-state index is -3.74. The lowest BCUT2D eigenvalue weighted by molar-refractivity contribution is -0.115. The molecule has 0 saturated carbocycles. The van der Waals surface area contributed by atoms with Crippen LogP contribution in [0.4, 0.5) is 5.69 Å². The summed E-state index contributed by atoms with van der Waals surface area (Å²) in [6, 6.07) is 12.9. The van der Waals surface area contributed by atoms with Gasteiger partial charge < -0.3 is 5.32 Å². The van der Waals surface area contributed by atoms with Crippen LogP contribution in [0.15, 0.2) is 53.4 Å². The van der Waals surface area contributed by atoms with Gasteiger partial charge in [0.25, 0.3) is 0 Å². The van der Waals surface area contributed by atoms with E-state index in [2.05, 4.69) is 10.0 Å². The molecule has 2 aromatic rings. The number of hydrogen-bond donors (Lipinski definition) is 2. The van der Waals surface area contributed by atoms with E-state index in [1.807, 2.05) is 19.1 Å². The van der Waals surface area contributed by atoms with Crippen LogP contribution in [-0.2, 0) is 14.8 Å². The molecule has 0 atom stereocenters. The number of sulfonamides is 1. The molecule has 22 heavy (non-hydrogen) atoms. The van der Waals surface area contributed by atoms with E-state index < -0.39 is 15.9 Å². The van der Waals surface area contributed by atoms with E-state index in [0.29, 0.717) is 10.7 Å². The molecular weight excluding hydrogens is 324 g/mol. The second-order valence-corrected chi connectivity index (χ2v) is 6.90. The highest BCUT2D eigenvalue weighted by molar-refractivity contribution is 7.89. The van der Waals surface area contributed by atoms with Crippen LogP contribution in [0, 0.1) is 6.92 Å². The summed E-state index contributed by atoms with van der Waals surface area (Å²) < 4.78 is 26.3. The summed E-state index contributed by atoms with van der Waals surface area (Å²) in [5.74, 6) is -0.442. The molecule has 0 aliphatic rings. The zero-order valence-electron chi connectivity index (χ0n) is 11.8. The normalized spacial score (nSPS) is 11.2. The van der Waals surface area contributed by atoms with Crippen molar-refractivity contribution in [2.75, 3.05) is 11.9 Å². The fourth-order valence-corrected chi connectivity index (χ4v) is 2.89. The maximum atomic E-state index is 12.0. The van der Waals surface area contributed by atoms with Gasteiger partial charge in [-0.05, 0) is 48.9 Å². The van der Waals surface area contributed by atoms with Gasteiger partial charge in [-0.2, -0.15) is 0 Å². The number of carbonyl (C=O) groups excluding carboxylic acids is 1. The van der Waals surface area contributed by atoms with Crippen LogP contribution in [0.2, 0.25) is 5.02 Å². The van der Waals surface area contributed by atoms with Crippen molar-refractivity contribution < 1.29 is 13.2 Å². The van der Waals surface area contributed by atoms with Gasteiger partial charge in [0.1, 0.15) is 0 Å². The summed E-state index contributed by atoms with van der Waals surface area (Å²) in [7, 11) is -3.74. The fourth-order valence-electron chi connectivity index (χ4n) is 1.79. The second-order valence-electron chi connectivity index (χ2n) is 4.70. The third-order valence-corrected chi connectivity index (χ3v) is 4.52. The number of anilines is 1. The Morgan fingerprint density at radius 3 is 2.45 bits per heavy atom. The van der Waals surface area contributed by atoms with Gasteiger partial charge in [-0.3, -0.25) is 4.79 Å². The van der Waals surface area contributed by atoms with E-state index in [9.17, 15) is 13.2 Å². The molecule has 0 fully saturated rings. The van der Waals surface area contributed by atoms with Crippen LogP contribution in [0.5, 0.6) is 0 Å². The predicted octanol–water partition coefficient (Wildman–Crippen LogP) is 2.57. The predicted molar refractivity (Wildman–Crippen MR) is 86.4 cm³/mol. The summed E-state index contributed by atoms with van der Waals surface area (Å²) >= 11 is 5.71. The Hall–Kier alpha value is -1.89. The Kier molecular flexibility index (Phi) is 5.18. The molecule has 0 radical (unpaired) electrons. The van der Waals surface area contributed by atoms with Crippen molar-refractivity contribution in [3.63, 3.8) is 0 Å². The SMILES string of the molecule is Cc1cccc(NC(=O)CNS(=O)(=O)c2ccc(Cl)cc2)c1. The largest absolute Gasteiger partial charge is 0.325 e. The lowest BCUT2D eigenvalue weighted by Crippen LogP contribution is -2.32. The van der Waals surface area contributed by atoms with Gasteiger partial charge in [0, 0.05) is 10.7 Å². The molecule has 5 nitrogen and oxygen atoms in total. The average Bonchev–Trinajstić information content (AvgIpc) is 2.46. The Balaban J connectivity index is 1.97. The lowest BCUT2D eigenvalue weighted by atomic mass is 10.2. The Labute approximate surface area is 134 Å². The summed E-state index contributed by atoms with van der Waals surface area (Å²) in [5.41, 5.74) is 1.62. The maximum absolute atomic E-state index is 12.0. The Morgan fingerprint density at radius 2 is 1.82 bits per heavy atom. The molecular formula is C15H15ClN2O3S. The van der Waals surface area contributed by atoms with Gasteiger partial charge in [0.05, 0.1) is 11.4 Å². The molecule has 0 bridgehead atoms. The molecule has 2 aromatic carbocycles. The Morgan fingerprint density at radius 1 is 1.14 bits per heavy atom. The zero-order chi connectivity index (χ0) is 16.2. The van der Waals surface area contributed by atoms with Crippen LogP contribution in [-0.4, -0.2) is 20.9 Å². The third kappa shape index (κ3) is 4.56. The minimum Gasteiger partial charge on any atom is -0.325 e. The first kappa shape index (κ1) is 16.5. The highest BCUT2D eigenvalue weighted by atomic mass is 35.5. The molecule has 2 N–H and O–H groups in total. The quantitative estimate of drug-likeness (QED) is 0.879. The number of amides is 1. The van der Waals surface area contributed by atoms with Crippen LogP contribution in [0.3, 0.4) is 0 Å². The summed E-state index contributed by atoms with van der Waals surface area (Å²) in [6.45, 7) is 1.55. The number of hydrogen-bond acceptors (Lipinski definition) is 3. The van der Waals surface area contributed by atoms with Crippen LogP contribution < -0.4 is 10.0 Å². The smallest absolute Gasteiger partial charge is 0.241 e. The number of benzene rings is 2. The molecule has 0 spiro atoms. The van der Waals surface area contributed by atoms with Crippen LogP contribution in [0.25, 0.3) is 0 Å². The first-order valence-electron chi connectivity index (χ1n) is 6.48. The first-order chi connectivity index (χ1) is 10.4.